The predicted octanol–water partition coefficient (Wildman–Crippen LogP) is 3.05. The second-order valence-electron chi connectivity index (χ2n) is 5.65. The number of benzene rings is 1. The fraction of sp³-hybridized carbons (Fsp3) is 0.444. The van der Waals surface area contributed by atoms with Crippen LogP contribution in [0.4, 0.5) is 9.59 Å². The van der Waals surface area contributed by atoms with Crippen molar-refractivity contribution in [2.75, 3.05) is 41.4 Å². The first-order valence-electron chi connectivity index (χ1n) is 8.46. The molecule has 0 saturated carbocycles. The van der Waals surface area contributed by atoms with E-state index in [1.54, 1.807) is 42.0 Å². The van der Waals surface area contributed by atoms with E-state index in [1.807, 2.05) is 0 Å². The normalized spacial score (nSPS) is 9.07. The molecular formula is C18H26N2O6S4-2. The lowest BCUT2D eigenvalue weighted by Gasteiger charge is -2.12. The highest BCUT2D eigenvalue weighted by Gasteiger charge is 2.17. The summed E-state index contributed by atoms with van der Waals surface area (Å²) in [6, 6.07) is 2.91. The maximum atomic E-state index is 11.6. The van der Waals surface area contributed by atoms with E-state index in [0.717, 1.165) is 0 Å². The van der Waals surface area contributed by atoms with Crippen molar-refractivity contribution in [3.63, 3.8) is 0 Å². The number of thiol groups is 2. The molecule has 0 spiro atoms. The fourth-order valence-corrected chi connectivity index (χ4v) is 1.89. The van der Waals surface area contributed by atoms with Gasteiger partial charge in [0.15, 0.2) is 0 Å². The number of hydrogen-bond donors (Lipinski definition) is 2. The summed E-state index contributed by atoms with van der Waals surface area (Å²) in [5.74, 6) is -0.985. The quantitative estimate of drug-likeness (QED) is 0.375. The van der Waals surface area contributed by atoms with Crippen molar-refractivity contribution in [3.8, 4) is 0 Å². The molecule has 0 unspecified atom stereocenters. The van der Waals surface area contributed by atoms with Crippen LogP contribution in [0, 0.1) is 0 Å². The van der Waals surface area contributed by atoms with Crippen LogP contribution in [-0.4, -0.2) is 73.6 Å². The highest BCUT2D eigenvalue weighted by Crippen LogP contribution is 2.24. The Morgan fingerprint density at radius 2 is 1.00 bits per heavy atom. The van der Waals surface area contributed by atoms with Crippen LogP contribution < -0.4 is 0 Å². The zero-order valence-corrected chi connectivity index (χ0v) is 21.0. The van der Waals surface area contributed by atoms with Gasteiger partial charge in [0.1, 0.15) is 10.5 Å². The molecule has 0 fully saturated rings. The first kappa shape index (κ1) is 30.4. The molecule has 0 aliphatic carbocycles. The Balaban J connectivity index is 0. The summed E-state index contributed by atoms with van der Waals surface area (Å²) in [5.41, 5.74) is 0.552. The molecule has 0 N–H and O–H groups in total. The van der Waals surface area contributed by atoms with Crippen molar-refractivity contribution in [2.24, 2.45) is 0 Å². The third kappa shape index (κ3) is 12.7. The van der Waals surface area contributed by atoms with Gasteiger partial charge in [0.25, 0.3) is 0 Å². The standard InChI is InChI=1S/C12H14O4S2.2C3H7NOS/c1-3-15-11(13)7-5-10(18)8(6-9(7)17)12(14)16-4-2;2*1-4(2)3(5)6/h5-6,17-18H,3-4H2,1-2H3;2*1-2H3,(H,5,6)/p-2. The molecule has 170 valence electrons. The number of hydrogen-bond acceptors (Lipinski definition) is 10. The summed E-state index contributed by atoms with van der Waals surface area (Å²) in [7, 11) is 6.48. The zero-order chi connectivity index (χ0) is 24.0. The molecule has 0 heterocycles. The molecule has 0 radical (unpaired) electrons. The van der Waals surface area contributed by atoms with Gasteiger partial charge in [0.2, 0.25) is 0 Å². The van der Waals surface area contributed by atoms with Crippen molar-refractivity contribution in [2.45, 2.75) is 23.6 Å². The van der Waals surface area contributed by atoms with Gasteiger partial charge in [-0.1, -0.05) is 0 Å². The molecule has 0 aromatic heterocycles. The minimum Gasteiger partial charge on any atom is -0.719 e. The number of ether oxygens (including phenoxy) is 2. The monoisotopic (exact) mass is 494 g/mol. The number of nitrogens with zero attached hydrogens (tertiary/aromatic N) is 2. The number of carbonyl (C=O) groups excluding carboxylic acids is 4. The molecule has 30 heavy (non-hydrogen) atoms. The van der Waals surface area contributed by atoms with Gasteiger partial charge in [-0.3, -0.25) is 0 Å². The number of amides is 2. The van der Waals surface area contributed by atoms with Gasteiger partial charge in [-0.15, -0.1) is 25.3 Å². The summed E-state index contributed by atoms with van der Waals surface area (Å²) < 4.78 is 9.75. The van der Waals surface area contributed by atoms with Gasteiger partial charge >= 0.3 is 11.9 Å². The van der Waals surface area contributed by atoms with Crippen molar-refractivity contribution in [1.29, 1.82) is 0 Å². The van der Waals surface area contributed by atoms with Crippen LogP contribution in [0.25, 0.3) is 0 Å². The third-order valence-corrected chi connectivity index (χ3v) is 4.31. The predicted molar refractivity (Wildman–Crippen MR) is 126 cm³/mol. The van der Waals surface area contributed by atoms with Crippen molar-refractivity contribution in [1.82, 2.24) is 9.80 Å². The third-order valence-electron chi connectivity index (χ3n) is 2.84. The van der Waals surface area contributed by atoms with Gasteiger partial charge in [-0.05, 0) is 26.0 Å². The molecule has 0 aliphatic heterocycles. The summed E-state index contributed by atoms with van der Waals surface area (Å²) in [6.45, 7) is 3.97. The molecule has 1 aromatic rings. The van der Waals surface area contributed by atoms with Gasteiger partial charge in [0, 0.05) is 38.0 Å². The Morgan fingerprint density at radius 1 is 0.767 bits per heavy atom. The van der Waals surface area contributed by atoms with E-state index in [2.05, 4.69) is 50.5 Å². The number of rotatable bonds is 4. The van der Waals surface area contributed by atoms with Gasteiger partial charge in [-0.25, -0.2) is 9.59 Å². The lowest BCUT2D eigenvalue weighted by molar-refractivity contribution is 0.0505. The highest BCUT2D eigenvalue weighted by atomic mass is 32.1. The number of esters is 2. The first-order valence-corrected chi connectivity index (χ1v) is 10.2. The molecule has 0 bridgehead atoms. The van der Waals surface area contributed by atoms with Gasteiger partial charge < -0.3 is 54.1 Å². The maximum Gasteiger partial charge on any atom is 0.339 e. The second-order valence-corrected chi connectivity index (χ2v) is 7.31. The average molecular weight is 495 g/mol. The van der Waals surface area contributed by atoms with E-state index in [4.69, 9.17) is 9.47 Å². The SMILES string of the molecule is CCOC(=O)c1cc(S)c(C(=O)OCC)cc1S.CN(C)C(=O)[S-].CN(C)C(=O)[S-]. The Morgan fingerprint density at radius 3 is 1.17 bits per heavy atom. The van der Waals surface area contributed by atoms with E-state index in [-0.39, 0.29) is 34.8 Å². The molecule has 1 aromatic carbocycles. The summed E-state index contributed by atoms with van der Waals surface area (Å²) in [4.78, 5) is 46.4. The molecule has 0 aliphatic rings. The summed E-state index contributed by atoms with van der Waals surface area (Å²) in [6.07, 6.45) is 0. The molecule has 8 nitrogen and oxygen atoms in total. The van der Waals surface area contributed by atoms with E-state index in [9.17, 15) is 19.2 Å². The maximum absolute atomic E-state index is 11.6. The minimum absolute atomic E-state index is 0.271. The van der Waals surface area contributed by atoms with E-state index in [0.29, 0.717) is 9.79 Å². The largest absolute Gasteiger partial charge is 0.719 e. The fourth-order valence-electron chi connectivity index (χ4n) is 1.32. The highest BCUT2D eigenvalue weighted by molar-refractivity contribution is 7.80. The van der Waals surface area contributed by atoms with Crippen LogP contribution in [0.1, 0.15) is 34.6 Å². The smallest absolute Gasteiger partial charge is 0.339 e. The molecule has 0 atom stereocenters. The molecular weight excluding hydrogens is 468 g/mol. The Bertz CT molecular complexity index is 680. The molecule has 0 saturated heterocycles. The van der Waals surface area contributed by atoms with Crippen LogP contribution in [0.15, 0.2) is 21.9 Å². The Kier molecular flexibility index (Phi) is 16.2. The Labute approximate surface area is 199 Å². The summed E-state index contributed by atoms with van der Waals surface area (Å²) in [5, 5.41) is -0.648. The number of carbonyl (C=O) groups is 4. The minimum atomic E-state index is -0.492. The van der Waals surface area contributed by atoms with Crippen molar-refractivity contribution >= 4 is 72.9 Å². The molecule has 1 rings (SSSR count). The van der Waals surface area contributed by atoms with Crippen LogP contribution in [0.2, 0.25) is 0 Å². The van der Waals surface area contributed by atoms with Crippen molar-refractivity contribution in [3.05, 3.63) is 23.3 Å². The van der Waals surface area contributed by atoms with E-state index in [1.165, 1.54) is 21.9 Å². The lowest BCUT2D eigenvalue weighted by atomic mass is 10.1. The average Bonchev–Trinajstić information content (AvgIpc) is 2.64. The van der Waals surface area contributed by atoms with Crippen molar-refractivity contribution < 1.29 is 28.7 Å². The van der Waals surface area contributed by atoms with Crippen LogP contribution in [-0.2, 0) is 34.7 Å². The second kappa shape index (κ2) is 16.0. The summed E-state index contributed by atoms with van der Waals surface area (Å²) >= 11 is 16.7. The van der Waals surface area contributed by atoms with Gasteiger partial charge in [0.05, 0.1) is 24.3 Å². The first-order chi connectivity index (χ1) is 13.8. The topological polar surface area (TPSA) is 93.2 Å². The van der Waals surface area contributed by atoms with Crippen LogP contribution in [0.3, 0.4) is 0 Å². The lowest BCUT2D eigenvalue weighted by Crippen LogP contribution is -2.16. The molecule has 12 heteroatoms. The van der Waals surface area contributed by atoms with E-state index >= 15 is 0 Å². The van der Waals surface area contributed by atoms with Crippen LogP contribution in [0.5, 0.6) is 0 Å². The van der Waals surface area contributed by atoms with E-state index < -0.39 is 11.9 Å². The van der Waals surface area contributed by atoms with Crippen LogP contribution >= 0.6 is 25.3 Å². The zero-order valence-electron chi connectivity index (χ0n) is 17.6. The van der Waals surface area contributed by atoms with Gasteiger partial charge in [-0.2, -0.15) is 0 Å². The Hall–Kier alpha value is -1.76. The molecule has 2 amide bonds.